The average Bonchev–Trinajstić information content (AvgIpc) is 3.15. The number of nitrogens with zero attached hydrogens (tertiary/aromatic N) is 3. The molecule has 4 fully saturated rings. The van der Waals surface area contributed by atoms with Crippen LogP contribution in [0.5, 0.6) is 0 Å². The van der Waals surface area contributed by atoms with Crippen LogP contribution < -0.4 is 5.32 Å². The second kappa shape index (κ2) is 8.03. The molecular formula is C24H32N4OS. The van der Waals surface area contributed by atoms with Crippen molar-refractivity contribution in [2.45, 2.75) is 70.1 Å². The molecule has 5 nitrogen and oxygen atoms in total. The van der Waals surface area contributed by atoms with Gasteiger partial charge in [0.2, 0.25) is 5.91 Å². The average molecular weight is 425 g/mol. The minimum Gasteiger partial charge on any atom is -0.352 e. The summed E-state index contributed by atoms with van der Waals surface area (Å²) in [5.74, 6) is 4.10. The van der Waals surface area contributed by atoms with Crippen molar-refractivity contribution in [1.29, 1.82) is 0 Å². The molecular weight excluding hydrogens is 392 g/mol. The predicted molar refractivity (Wildman–Crippen MR) is 120 cm³/mol. The normalized spacial score (nSPS) is 30.4. The first-order valence-electron chi connectivity index (χ1n) is 11.5. The molecule has 4 saturated carbocycles. The zero-order valence-corrected chi connectivity index (χ0v) is 18.8. The summed E-state index contributed by atoms with van der Waals surface area (Å²) >= 11 is 1.49. The van der Waals surface area contributed by atoms with E-state index in [9.17, 15) is 4.79 Å². The van der Waals surface area contributed by atoms with Crippen LogP contribution in [0.4, 0.5) is 0 Å². The largest absolute Gasteiger partial charge is 0.352 e. The van der Waals surface area contributed by atoms with Crippen molar-refractivity contribution >= 4 is 17.7 Å². The molecule has 1 heterocycles. The molecule has 6 heteroatoms. The van der Waals surface area contributed by atoms with E-state index in [2.05, 4.69) is 33.9 Å². The Hall–Kier alpha value is -1.82. The fourth-order valence-corrected chi connectivity index (χ4v) is 7.57. The van der Waals surface area contributed by atoms with Crippen LogP contribution >= 0.6 is 11.8 Å². The van der Waals surface area contributed by atoms with Gasteiger partial charge in [0.1, 0.15) is 0 Å². The Morgan fingerprint density at radius 3 is 2.37 bits per heavy atom. The standard InChI is InChI=1S/C24H32N4OS/c1-3-28-22(20-7-5-4-6-8-20)26-27-23(28)30-15-21(29)25-16(2)24-12-17-9-18(13-24)11-19(10-17)14-24/h4-8,16-19H,3,9-15H2,1-2H3,(H,25,29)/t16-,17?,18?,19?,24?/m1/s1. The topological polar surface area (TPSA) is 59.8 Å². The van der Waals surface area contributed by atoms with Crippen LogP contribution in [0.1, 0.15) is 52.4 Å². The summed E-state index contributed by atoms with van der Waals surface area (Å²) in [6.07, 6.45) is 8.26. The van der Waals surface area contributed by atoms with Crippen molar-refractivity contribution in [3.8, 4) is 11.4 Å². The Balaban J connectivity index is 1.21. The van der Waals surface area contributed by atoms with Crippen molar-refractivity contribution in [3.63, 3.8) is 0 Å². The van der Waals surface area contributed by atoms with E-state index in [0.29, 0.717) is 11.2 Å². The van der Waals surface area contributed by atoms with Gasteiger partial charge in [-0.3, -0.25) is 4.79 Å². The first kappa shape index (κ1) is 20.1. The minimum atomic E-state index is 0.121. The summed E-state index contributed by atoms with van der Waals surface area (Å²) in [6.45, 7) is 5.12. The first-order valence-corrected chi connectivity index (χ1v) is 12.5. The molecule has 6 rings (SSSR count). The molecule has 1 aromatic heterocycles. The van der Waals surface area contributed by atoms with E-state index >= 15 is 0 Å². The van der Waals surface area contributed by atoms with Gasteiger partial charge in [-0.15, -0.1) is 10.2 Å². The molecule has 4 aliphatic rings. The van der Waals surface area contributed by atoms with E-state index in [1.807, 2.05) is 30.3 Å². The summed E-state index contributed by atoms with van der Waals surface area (Å²) in [5.41, 5.74) is 1.40. The Morgan fingerprint density at radius 1 is 1.13 bits per heavy atom. The highest BCUT2D eigenvalue weighted by atomic mass is 32.2. The van der Waals surface area contributed by atoms with Crippen molar-refractivity contribution in [2.24, 2.45) is 23.2 Å². The van der Waals surface area contributed by atoms with E-state index in [0.717, 1.165) is 40.8 Å². The number of nitrogens with one attached hydrogen (secondary N) is 1. The third kappa shape index (κ3) is 3.68. The van der Waals surface area contributed by atoms with Crippen molar-refractivity contribution in [2.75, 3.05) is 5.75 Å². The lowest BCUT2D eigenvalue weighted by atomic mass is 9.48. The summed E-state index contributed by atoms with van der Waals surface area (Å²) in [5, 5.41) is 12.9. The summed E-state index contributed by atoms with van der Waals surface area (Å²) < 4.78 is 2.09. The van der Waals surface area contributed by atoms with E-state index < -0.39 is 0 Å². The number of hydrogen-bond donors (Lipinski definition) is 1. The van der Waals surface area contributed by atoms with Gasteiger partial charge in [0.15, 0.2) is 11.0 Å². The third-order valence-electron chi connectivity index (χ3n) is 7.78. The maximum atomic E-state index is 12.8. The van der Waals surface area contributed by atoms with Gasteiger partial charge in [0, 0.05) is 18.2 Å². The molecule has 4 aliphatic carbocycles. The van der Waals surface area contributed by atoms with Crippen LogP contribution in [0, 0.1) is 23.2 Å². The molecule has 0 unspecified atom stereocenters. The number of thioether (sulfide) groups is 1. The molecule has 0 radical (unpaired) electrons. The quantitative estimate of drug-likeness (QED) is 0.650. The van der Waals surface area contributed by atoms with Crippen LogP contribution in [0.2, 0.25) is 0 Å². The number of carbonyl (C=O) groups excluding carboxylic acids is 1. The molecule has 0 spiro atoms. The summed E-state index contributed by atoms with van der Waals surface area (Å²) in [7, 11) is 0. The van der Waals surface area contributed by atoms with Crippen LogP contribution in [0.3, 0.4) is 0 Å². The highest BCUT2D eigenvalue weighted by Crippen LogP contribution is 2.61. The highest BCUT2D eigenvalue weighted by molar-refractivity contribution is 7.99. The van der Waals surface area contributed by atoms with Gasteiger partial charge in [-0.25, -0.2) is 0 Å². The van der Waals surface area contributed by atoms with Gasteiger partial charge in [0.05, 0.1) is 5.75 Å². The van der Waals surface area contributed by atoms with E-state index in [1.165, 1.54) is 50.3 Å². The molecule has 30 heavy (non-hydrogen) atoms. The first-order chi connectivity index (χ1) is 14.6. The maximum absolute atomic E-state index is 12.8. The number of carbonyl (C=O) groups is 1. The fourth-order valence-electron chi connectivity index (χ4n) is 6.76. The van der Waals surface area contributed by atoms with Gasteiger partial charge in [-0.1, -0.05) is 42.1 Å². The zero-order valence-electron chi connectivity index (χ0n) is 18.0. The second-order valence-corrected chi connectivity index (χ2v) is 10.7. The Morgan fingerprint density at radius 2 is 1.77 bits per heavy atom. The van der Waals surface area contributed by atoms with E-state index in [-0.39, 0.29) is 11.9 Å². The lowest BCUT2D eigenvalue weighted by Gasteiger charge is -2.59. The summed E-state index contributed by atoms with van der Waals surface area (Å²) in [6, 6.07) is 10.4. The molecule has 0 aliphatic heterocycles. The highest BCUT2D eigenvalue weighted by Gasteiger charge is 2.53. The predicted octanol–water partition coefficient (Wildman–Crippen LogP) is 4.78. The van der Waals surface area contributed by atoms with Crippen LogP contribution in [0.15, 0.2) is 35.5 Å². The van der Waals surface area contributed by atoms with E-state index in [1.54, 1.807) is 0 Å². The Bertz CT molecular complexity index is 874. The van der Waals surface area contributed by atoms with Crippen molar-refractivity contribution in [1.82, 2.24) is 20.1 Å². The van der Waals surface area contributed by atoms with Gasteiger partial charge >= 0.3 is 0 Å². The molecule has 0 saturated heterocycles. The van der Waals surface area contributed by atoms with Crippen LogP contribution in [0.25, 0.3) is 11.4 Å². The number of benzene rings is 1. The fraction of sp³-hybridized carbons (Fsp3) is 0.625. The molecule has 1 N–H and O–H groups in total. The lowest BCUT2D eigenvalue weighted by molar-refractivity contribution is -0.123. The Kier molecular flexibility index (Phi) is 5.38. The van der Waals surface area contributed by atoms with Gasteiger partial charge < -0.3 is 9.88 Å². The second-order valence-electron chi connectivity index (χ2n) is 9.77. The van der Waals surface area contributed by atoms with Crippen molar-refractivity contribution in [3.05, 3.63) is 30.3 Å². The number of amides is 1. The number of hydrogen-bond acceptors (Lipinski definition) is 4. The summed E-state index contributed by atoms with van der Waals surface area (Å²) in [4.78, 5) is 12.8. The number of aromatic nitrogens is 3. The van der Waals surface area contributed by atoms with Gasteiger partial charge in [-0.05, 0) is 75.5 Å². The smallest absolute Gasteiger partial charge is 0.230 e. The SMILES string of the molecule is CCn1c(SCC(=O)N[C@H](C)C23CC4CC(CC(C4)C2)C3)nnc1-c1ccccc1. The maximum Gasteiger partial charge on any atom is 0.230 e. The monoisotopic (exact) mass is 424 g/mol. The molecule has 1 atom stereocenters. The molecule has 2 aromatic rings. The Labute approximate surface area is 183 Å². The van der Waals surface area contributed by atoms with Crippen LogP contribution in [-0.4, -0.2) is 32.5 Å². The van der Waals surface area contributed by atoms with Crippen LogP contribution in [-0.2, 0) is 11.3 Å². The molecule has 1 aromatic carbocycles. The van der Waals surface area contributed by atoms with Crippen molar-refractivity contribution < 1.29 is 4.79 Å². The van der Waals surface area contributed by atoms with Gasteiger partial charge in [-0.2, -0.15) is 0 Å². The molecule has 160 valence electrons. The third-order valence-corrected chi connectivity index (χ3v) is 8.75. The molecule has 4 bridgehead atoms. The van der Waals surface area contributed by atoms with Gasteiger partial charge in [0.25, 0.3) is 0 Å². The minimum absolute atomic E-state index is 0.121. The lowest BCUT2D eigenvalue weighted by Crippen LogP contribution is -2.56. The van der Waals surface area contributed by atoms with E-state index in [4.69, 9.17) is 0 Å². The zero-order chi connectivity index (χ0) is 20.7. The molecule has 1 amide bonds. The number of rotatable bonds is 7.